The van der Waals surface area contributed by atoms with Crippen LogP contribution in [0.3, 0.4) is 0 Å². The lowest BCUT2D eigenvalue weighted by molar-refractivity contribution is -0.117. The molecule has 0 aliphatic carbocycles. The Bertz CT molecular complexity index is 591. The van der Waals surface area contributed by atoms with Crippen molar-refractivity contribution in [1.29, 1.82) is 0 Å². The average molecular weight is 296 g/mol. The van der Waals surface area contributed by atoms with E-state index in [2.05, 4.69) is 31.3 Å². The Balaban J connectivity index is 1.90. The van der Waals surface area contributed by atoms with Gasteiger partial charge < -0.3 is 11.1 Å². The molecule has 116 valence electrons. The van der Waals surface area contributed by atoms with Crippen molar-refractivity contribution in [3.63, 3.8) is 0 Å². The van der Waals surface area contributed by atoms with E-state index in [0.29, 0.717) is 12.3 Å². The molecule has 0 fully saturated rings. The summed E-state index contributed by atoms with van der Waals surface area (Å²) in [5.41, 5.74) is 9.12. The van der Waals surface area contributed by atoms with E-state index in [4.69, 9.17) is 5.73 Å². The highest BCUT2D eigenvalue weighted by molar-refractivity contribution is 5.94. The van der Waals surface area contributed by atoms with Crippen molar-refractivity contribution in [1.82, 2.24) is 0 Å². The fourth-order valence-electron chi connectivity index (χ4n) is 2.39. The van der Waals surface area contributed by atoms with Gasteiger partial charge in [0.05, 0.1) is 6.04 Å². The number of rotatable bonds is 6. The number of benzene rings is 2. The molecule has 1 atom stereocenters. The SMILES string of the molecule is CC(C)Cc1ccc(NC(=O)[C@H](N)Cc2ccccc2)cc1. The molecule has 0 aliphatic heterocycles. The van der Waals surface area contributed by atoms with Gasteiger partial charge in [-0.25, -0.2) is 0 Å². The normalized spacial score (nSPS) is 12.2. The van der Waals surface area contributed by atoms with E-state index in [1.165, 1.54) is 5.56 Å². The molecule has 0 saturated heterocycles. The lowest BCUT2D eigenvalue weighted by atomic mass is 10.0. The maximum absolute atomic E-state index is 12.1. The van der Waals surface area contributed by atoms with Crippen molar-refractivity contribution in [2.75, 3.05) is 5.32 Å². The first-order valence-corrected chi connectivity index (χ1v) is 7.74. The number of hydrogen-bond acceptors (Lipinski definition) is 2. The molecule has 2 aromatic rings. The molecule has 3 N–H and O–H groups in total. The molecule has 0 bridgehead atoms. The molecule has 0 aromatic heterocycles. The van der Waals surface area contributed by atoms with Crippen LogP contribution in [0.4, 0.5) is 5.69 Å². The zero-order valence-electron chi connectivity index (χ0n) is 13.3. The predicted octanol–water partition coefficient (Wildman–Crippen LogP) is 3.39. The first kappa shape index (κ1) is 16.2. The molecule has 3 heteroatoms. The van der Waals surface area contributed by atoms with Crippen LogP contribution in [-0.4, -0.2) is 11.9 Å². The van der Waals surface area contributed by atoms with Gasteiger partial charge in [-0.15, -0.1) is 0 Å². The average Bonchev–Trinajstić information content (AvgIpc) is 2.49. The third-order valence-electron chi connectivity index (χ3n) is 3.50. The van der Waals surface area contributed by atoms with Gasteiger partial charge in [0.1, 0.15) is 0 Å². The minimum Gasteiger partial charge on any atom is -0.325 e. The second-order valence-electron chi connectivity index (χ2n) is 6.08. The minimum absolute atomic E-state index is 0.152. The van der Waals surface area contributed by atoms with Crippen LogP contribution in [0.25, 0.3) is 0 Å². The van der Waals surface area contributed by atoms with Gasteiger partial charge in [0.2, 0.25) is 5.91 Å². The number of anilines is 1. The quantitative estimate of drug-likeness (QED) is 0.858. The third kappa shape index (κ3) is 5.01. The van der Waals surface area contributed by atoms with Gasteiger partial charge >= 0.3 is 0 Å². The van der Waals surface area contributed by atoms with Crippen LogP contribution in [0.5, 0.6) is 0 Å². The third-order valence-corrected chi connectivity index (χ3v) is 3.50. The van der Waals surface area contributed by atoms with E-state index in [1.807, 2.05) is 42.5 Å². The maximum Gasteiger partial charge on any atom is 0.241 e. The second kappa shape index (κ2) is 7.76. The number of carbonyl (C=O) groups is 1. The zero-order valence-corrected chi connectivity index (χ0v) is 13.3. The standard InChI is InChI=1S/C19H24N2O/c1-14(2)12-16-8-10-17(11-9-16)21-19(22)18(20)13-15-6-4-3-5-7-15/h3-11,14,18H,12-13,20H2,1-2H3,(H,21,22)/t18-/m1/s1. The van der Waals surface area contributed by atoms with Gasteiger partial charge in [-0.1, -0.05) is 56.3 Å². The Morgan fingerprint density at radius 3 is 2.14 bits per heavy atom. The lowest BCUT2D eigenvalue weighted by Crippen LogP contribution is -2.37. The summed E-state index contributed by atoms with van der Waals surface area (Å²) in [5, 5.41) is 2.88. The highest BCUT2D eigenvalue weighted by Crippen LogP contribution is 2.13. The Morgan fingerprint density at radius 2 is 1.55 bits per heavy atom. The van der Waals surface area contributed by atoms with Gasteiger partial charge in [-0.05, 0) is 42.0 Å². The molecule has 0 aliphatic rings. The number of hydrogen-bond donors (Lipinski definition) is 2. The van der Waals surface area contributed by atoms with Crippen molar-refractivity contribution < 1.29 is 4.79 Å². The molecule has 1 amide bonds. The molecule has 0 heterocycles. The van der Waals surface area contributed by atoms with Gasteiger partial charge in [0.15, 0.2) is 0 Å². The summed E-state index contributed by atoms with van der Waals surface area (Å²) < 4.78 is 0. The van der Waals surface area contributed by atoms with Gasteiger partial charge in [-0.2, -0.15) is 0 Å². The summed E-state index contributed by atoms with van der Waals surface area (Å²) in [5.74, 6) is 0.472. The van der Waals surface area contributed by atoms with Crippen LogP contribution in [-0.2, 0) is 17.6 Å². The number of amides is 1. The smallest absolute Gasteiger partial charge is 0.241 e. The summed E-state index contributed by atoms with van der Waals surface area (Å²) in [6.45, 7) is 4.39. The minimum atomic E-state index is -0.544. The van der Waals surface area contributed by atoms with Crippen molar-refractivity contribution in [3.8, 4) is 0 Å². The van der Waals surface area contributed by atoms with Crippen LogP contribution >= 0.6 is 0 Å². The molecule has 22 heavy (non-hydrogen) atoms. The van der Waals surface area contributed by atoms with Crippen LogP contribution in [0, 0.1) is 5.92 Å². The predicted molar refractivity (Wildman–Crippen MR) is 91.7 cm³/mol. The second-order valence-corrected chi connectivity index (χ2v) is 6.08. The molecule has 0 spiro atoms. The molecule has 0 radical (unpaired) electrons. The van der Waals surface area contributed by atoms with Crippen LogP contribution in [0.15, 0.2) is 54.6 Å². The largest absolute Gasteiger partial charge is 0.325 e. The first-order chi connectivity index (χ1) is 10.5. The monoisotopic (exact) mass is 296 g/mol. The Hall–Kier alpha value is -2.13. The van der Waals surface area contributed by atoms with Crippen molar-refractivity contribution in [2.45, 2.75) is 32.7 Å². The topological polar surface area (TPSA) is 55.1 Å². The molecular weight excluding hydrogens is 272 g/mol. The van der Waals surface area contributed by atoms with Gasteiger partial charge in [0, 0.05) is 5.69 Å². The van der Waals surface area contributed by atoms with Gasteiger partial charge in [0.25, 0.3) is 0 Å². The zero-order chi connectivity index (χ0) is 15.9. The first-order valence-electron chi connectivity index (χ1n) is 7.74. The molecule has 3 nitrogen and oxygen atoms in total. The number of nitrogens with two attached hydrogens (primary N) is 1. The van der Waals surface area contributed by atoms with Crippen LogP contribution in [0.2, 0.25) is 0 Å². The van der Waals surface area contributed by atoms with E-state index >= 15 is 0 Å². The van der Waals surface area contributed by atoms with Crippen LogP contribution < -0.4 is 11.1 Å². The van der Waals surface area contributed by atoms with E-state index in [9.17, 15) is 4.79 Å². The van der Waals surface area contributed by atoms with E-state index in [-0.39, 0.29) is 5.91 Å². The summed E-state index contributed by atoms with van der Waals surface area (Å²) in [4.78, 5) is 12.1. The molecule has 2 rings (SSSR count). The number of nitrogens with one attached hydrogen (secondary N) is 1. The Labute approximate surface area is 132 Å². The Morgan fingerprint density at radius 1 is 0.955 bits per heavy atom. The molecule has 0 unspecified atom stereocenters. The summed E-state index contributed by atoms with van der Waals surface area (Å²) >= 11 is 0. The van der Waals surface area contributed by atoms with Crippen LogP contribution in [0.1, 0.15) is 25.0 Å². The van der Waals surface area contributed by atoms with E-state index in [0.717, 1.165) is 17.7 Å². The fourth-order valence-corrected chi connectivity index (χ4v) is 2.39. The number of carbonyl (C=O) groups excluding carboxylic acids is 1. The van der Waals surface area contributed by atoms with Crippen molar-refractivity contribution >= 4 is 11.6 Å². The summed E-state index contributed by atoms with van der Waals surface area (Å²) in [6, 6.07) is 17.3. The maximum atomic E-state index is 12.1. The van der Waals surface area contributed by atoms with Gasteiger partial charge in [-0.3, -0.25) is 4.79 Å². The fraction of sp³-hybridized carbons (Fsp3) is 0.316. The van der Waals surface area contributed by atoms with E-state index < -0.39 is 6.04 Å². The summed E-state index contributed by atoms with van der Waals surface area (Å²) in [6.07, 6.45) is 1.58. The molecule has 0 saturated carbocycles. The summed E-state index contributed by atoms with van der Waals surface area (Å²) in [7, 11) is 0. The van der Waals surface area contributed by atoms with Crippen molar-refractivity contribution in [2.24, 2.45) is 11.7 Å². The highest BCUT2D eigenvalue weighted by Gasteiger charge is 2.14. The molecule has 2 aromatic carbocycles. The Kier molecular flexibility index (Phi) is 5.73. The highest BCUT2D eigenvalue weighted by atomic mass is 16.2. The van der Waals surface area contributed by atoms with E-state index in [1.54, 1.807) is 0 Å². The lowest BCUT2D eigenvalue weighted by Gasteiger charge is -2.13. The van der Waals surface area contributed by atoms with Crippen molar-refractivity contribution in [3.05, 3.63) is 65.7 Å². The molecular formula is C19H24N2O.